The van der Waals surface area contributed by atoms with Crippen molar-refractivity contribution in [3.05, 3.63) is 34.1 Å². The smallest absolute Gasteiger partial charge is 0.162 e. The zero-order valence-electron chi connectivity index (χ0n) is 7.85. The molecule has 2 rings (SSSR count). The summed E-state index contributed by atoms with van der Waals surface area (Å²) in [5.74, 6) is 0. The second-order valence-corrected chi connectivity index (χ2v) is 3.87. The van der Waals surface area contributed by atoms with Gasteiger partial charge in [0.15, 0.2) is 6.33 Å². The molecule has 0 N–H and O–H groups in total. The van der Waals surface area contributed by atoms with Crippen molar-refractivity contribution in [2.45, 2.75) is 6.92 Å². The van der Waals surface area contributed by atoms with Crippen LogP contribution in [0.15, 0.2) is 22.9 Å². The van der Waals surface area contributed by atoms with Crippen molar-refractivity contribution in [3.63, 3.8) is 0 Å². The summed E-state index contributed by atoms with van der Waals surface area (Å²) < 4.78 is 0.861. The van der Waals surface area contributed by atoms with Crippen LogP contribution in [0, 0.1) is 18.3 Å². The molecule has 6 heteroatoms. The Morgan fingerprint density at radius 1 is 1.47 bits per heavy atom. The molecule has 0 saturated heterocycles. The summed E-state index contributed by atoms with van der Waals surface area (Å²) in [5, 5.41) is 20.3. The number of benzene rings is 1. The van der Waals surface area contributed by atoms with Gasteiger partial charge >= 0.3 is 0 Å². The van der Waals surface area contributed by atoms with E-state index in [0.717, 1.165) is 10.0 Å². The lowest BCUT2D eigenvalue weighted by Crippen LogP contribution is -2.04. The van der Waals surface area contributed by atoms with Crippen molar-refractivity contribution in [2.24, 2.45) is 0 Å². The van der Waals surface area contributed by atoms with Gasteiger partial charge < -0.3 is 0 Å². The summed E-state index contributed by atoms with van der Waals surface area (Å²) in [4.78, 5) is 1.35. The minimum absolute atomic E-state index is 0.514. The number of nitriles is 1. The lowest BCUT2D eigenvalue weighted by Gasteiger charge is -2.06. The maximum atomic E-state index is 9.01. The van der Waals surface area contributed by atoms with E-state index in [0.29, 0.717) is 11.3 Å². The Kier molecular flexibility index (Phi) is 2.47. The molecule has 2 aromatic rings. The van der Waals surface area contributed by atoms with Crippen molar-refractivity contribution < 1.29 is 0 Å². The summed E-state index contributed by atoms with van der Waals surface area (Å²) in [6.45, 7) is 1.89. The number of nitrogens with zero attached hydrogens (tertiary/aromatic N) is 5. The molecule has 15 heavy (non-hydrogen) atoms. The molecule has 0 spiro atoms. The molecule has 0 radical (unpaired) electrons. The van der Waals surface area contributed by atoms with Crippen LogP contribution >= 0.6 is 15.9 Å². The summed E-state index contributed by atoms with van der Waals surface area (Å²) in [5.41, 5.74) is 2.09. The van der Waals surface area contributed by atoms with Gasteiger partial charge in [-0.05, 0) is 29.8 Å². The standard InChI is InChI=1S/C9H6BrN5/c1-6-2-8(10)3-7(4-11)9(6)15-13-5-12-14-15/h2-3,5H,1H3. The van der Waals surface area contributed by atoms with E-state index in [2.05, 4.69) is 37.4 Å². The van der Waals surface area contributed by atoms with Crippen molar-refractivity contribution >= 4 is 15.9 Å². The molecule has 0 amide bonds. The van der Waals surface area contributed by atoms with Gasteiger partial charge in [-0.1, -0.05) is 15.9 Å². The zero-order chi connectivity index (χ0) is 10.8. The van der Waals surface area contributed by atoms with Crippen LogP contribution in [0.5, 0.6) is 0 Å². The van der Waals surface area contributed by atoms with Crippen LogP contribution in [0.25, 0.3) is 5.69 Å². The first-order valence-electron chi connectivity index (χ1n) is 4.16. The van der Waals surface area contributed by atoms with Crippen molar-refractivity contribution in [1.82, 2.24) is 20.2 Å². The summed E-state index contributed by atoms with van der Waals surface area (Å²) in [6, 6.07) is 5.74. The summed E-state index contributed by atoms with van der Waals surface area (Å²) in [6.07, 6.45) is 1.34. The highest BCUT2D eigenvalue weighted by atomic mass is 79.9. The van der Waals surface area contributed by atoms with Gasteiger partial charge in [-0.25, -0.2) is 0 Å². The number of halogens is 1. The van der Waals surface area contributed by atoms with Crippen LogP contribution in [-0.4, -0.2) is 20.2 Å². The Hall–Kier alpha value is -1.74. The number of tetrazole rings is 1. The lowest BCUT2D eigenvalue weighted by atomic mass is 10.1. The van der Waals surface area contributed by atoms with E-state index < -0.39 is 0 Å². The third-order valence-electron chi connectivity index (χ3n) is 1.93. The highest BCUT2D eigenvalue weighted by Crippen LogP contribution is 2.22. The number of rotatable bonds is 1. The van der Waals surface area contributed by atoms with E-state index in [4.69, 9.17) is 5.26 Å². The van der Waals surface area contributed by atoms with Crippen molar-refractivity contribution in [2.75, 3.05) is 0 Å². The number of hydrogen-bond donors (Lipinski definition) is 0. The molecular formula is C9H6BrN5. The van der Waals surface area contributed by atoms with Crippen LogP contribution in [0.1, 0.15) is 11.1 Å². The monoisotopic (exact) mass is 263 g/mol. The molecule has 1 aromatic heterocycles. The van der Waals surface area contributed by atoms with E-state index in [1.165, 1.54) is 11.1 Å². The fourth-order valence-corrected chi connectivity index (χ4v) is 1.93. The van der Waals surface area contributed by atoms with Gasteiger partial charge in [0.25, 0.3) is 0 Å². The third kappa shape index (κ3) is 1.74. The fraction of sp³-hybridized carbons (Fsp3) is 0.111. The van der Waals surface area contributed by atoms with Gasteiger partial charge in [0.2, 0.25) is 0 Å². The first-order valence-corrected chi connectivity index (χ1v) is 4.95. The van der Waals surface area contributed by atoms with Crippen LogP contribution in [0.4, 0.5) is 0 Å². The van der Waals surface area contributed by atoms with Gasteiger partial charge in [0.05, 0.1) is 5.56 Å². The minimum atomic E-state index is 0.514. The van der Waals surface area contributed by atoms with Crippen LogP contribution in [-0.2, 0) is 0 Å². The predicted molar refractivity (Wildman–Crippen MR) is 56.3 cm³/mol. The SMILES string of the molecule is Cc1cc(Br)cc(C#N)c1-n1ncnn1. The molecule has 74 valence electrons. The van der Waals surface area contributed by atoms with Gasteiger partial charge in [-0.3, -0.25) is 0 Å². The molecule has 1 aromatic carbocycles. The molecule has 0 unspecified atom stereocenters. The topological polar surface area (TPSA) is 67.4 Å². The third-order valence-corrected chi connectivity index (χ3v) is 2.39. The molecule has 0 aliphatic heterocycles. The second-order valence-electron chi connectivity index (χ2n) is 2.96. The fourth-order valence-electron chi connectivity index (χ4n) is 1.36. The van der Waals surface area contributed by atoms with Gasteiger partial charge in [0.1, 0.15) is 11.8 Å². The largest absolute Gasteiger partial charge is 0.192 e. The molecule has 0 atom stereocenters. The first kappa shape index (κ1) is 9.80. The Morgan fingerprint density at radius 3 is 2.87 bits per heavy atom. The van der Waals surface area contributed by atoms with E-state index >= 15 is 0 Å². The summed E-state index contributed by atoms with van der Waals surface area (Å²) in [7, 11) is 0. The molecule has 5 nitrogen and oxygen atoms in total. The van der Waals surface area contributed by atoms with Gasteiger partial charge in [-0.2, -0.15) is 5.26 Å². The highest BCUT2D eigenvalue weighted by Gasteiger charge is 2.10. The normalized spacial score (nSPS) is 9.93. The van der Waals surface area contributed by atoms with Crippen LogP contribution < -0.4 is 0 Å². The molecule has 0 bridgehead atoms. The van der Waals surface area contributed by atoms with E-state index in [1.54, 1.807) is 6.07 Å². The zero-order valence-corrected chi connectivity index (χ0v) is 9.43. The Bertz CT molecular complexity index is 526. The van der Waals surface area contributed by atoms with E-state index in [9.17, 15) is 0 Å². The predicted octanol–water partition coefficient (Wildman–Crippen LogP) is 1.60. The highest BCUT2D eigenvalue weighted by molar-refractivity contribution is 9.10. The molecule has 1 heterocycles. The van der Waals surface area contributed by atoms with E-state index in [-0.39, 0.29) is 0 Å². The van der Waals surface area contributed by atoms with Crippen molar-refractivity contribution in [1.29, 1.82) is 5.26 Å². The lowest BCUT2D eigenvalue weighted by molar-refractivity contribution is 0.714. The Balaban J connectivity index is 2.71. The van der Waals surface area contributed by atoms with Crippen LogP contribution in [0.3, 0.4) is 0 Å². The first-order chi connectivity index (χ1) is 7.22. The molecule has 0 fully saturated rings. The quantitative estimate of drug-likeness (QED) is 0.784. The maximum absolute atomic E-state index is 9.01. The Labute approximate surface area is 94.5 Å². The summed E-state index contributed by atoms with van der Waals surface area (Å²) >= 11 is 3.33. The van der Waals surface area contributed by atoms with Gasteiger partial charge in [0, 0.05) is 4.47 Å². The number of aromatic nitrogens is 4. The minimum Gasteiger partial charge on any atom is -0.192 e. The maximum Gasteiger partial charge on any atom is 0.162 e. The van der Waals surface area contributed by atoms with Crippen molar-refractivity contribution in [3.8, 4) is 11.8 Å². The Morgan fingerprint density at radius 2 is 2.27 bits per heavy atom. The molecule has 0 aliphatic carbocycles. The number of hydrogen-bond acceptors (Lipinski definition) is 4. The van der Waals surface area contributed by atoms with Crippen LogP contribution in [0.2, 0.25) is 0 Å². The second kappa shape index (κ2) is 3.79. The van der Waals surface area contributed by atoms with Gasteiger partial charge in [-0.15, -0.1) is 15.0 Å². The average molecular weight is 264 g/mol. The molecule has 0 aliphatic rings. The molecular weight excluding hydrogens is 258 g/mol. The number of aryl methyl sites for hydroxylation is 1. The average Bonchev–Trinajstić information content (AvgIpc) is 2.69. The molecule has 0 saturated carbocycles. The van der Waals surface area contributed by atoms with E-state index in [1.807, 2.05) is 13.0 Å².